The van der Waals surface area contributed by atoms with Crippen LogP contribution in [0.25, 0.3) is 0 Å². The Labute approximate surface area is 103 Å². The van der Waals surface area contributed by atoms with Crippen molar-refractivity contribution in [2.45, 2.75) is 26.3 Å². The van der Waals surface area contributed by atoms with Gasteiger partial charge < -0.3 is 9.64 Å². The summed E-state index contributed by atoms with van der Waals surface area (Å²) in [5, 5.41) is 0. The second kappa shape index (κ2) is 6.74. The molecular weight excluding hydrogens is 214 g/mol. The van der Waals surface area contributed by atoms with Gasteiger partial charge in [0.15, 0.2) is 0 Å². The van der Waals surface area contributed by atoms with Crippen molar-refractivity contribution < 1.29 is 9.53 Å². The molecule has 92 valence electrons. The number of hydrogen-bond acceptors (Lipinski definition) is 2. The maximum atomic E-state index is 11.7. The molecule has 3 nitrogen and oxygen atoms in total. The van der Waals surface area contributed by atoms with Crippen LogP contribution in [-0.2, 0) is 11.3 Å². The summed E-state index contributed by atoms with van der Waals surface area (Å²) < 4.78 is 5.09. The van der Waals surface area contributed by atoms with Crippen LogP contribution >= 0.6 is 0 Å². The summed E-state index contributed by atoms with van der Waals surface area (Å²) in [4.78, 5) is 13.4. The lowest BCUT2D eigenvalue weighted by molar-refractivity contribution is -0.129. The standard InChI is InChI=1S/C14H19NO2/c1-4-6-14(16)15(5-2)11-12-7-9-13(17-3)10-8-12/h5,7-10H,2,4,6,11H2,1,3H3. The quantitative estimate of drug-likeness (QED) is 0.756. The van der Waals surface area contributed by atoms with Crippen molar-refractivity contribution in [3.63, 3.8) is 0 Å². The molecule has 0 aliphatic heterocycles. The van der Waals surface area contributed by atoms with Gasteiger partial charge in [-0.15, -0.1) is 0 Å². The predicted octanol–water partition coefficient (Wildman–Crippen LogP) is 2.97. The molecule has 0 aliphatic rings. The Kier molecular flexibility index (Phi) is 5.27. The fourth-order valence-corrected chi connectivity index (χ4v) is 1.54. The van der Waals surface area contributed by atoms with E-state index in [-0.39, 0.29) is 5.91 Å². The van der Waals surface area contributed by atoms with Crippen molar-refractivity contribution in [1.82, 2.24) is 4.90 Å². The summed E-state index contributed by atoms with van der Waals surface area (Å²) in [6.07, 6.45) is 3.00. The predicted molar refractivity (Wildman–Crippen MR) is 68.6 cm³/mol. The topological polar surface area (TPSA) is 29.5 Å². The van der Waals surface area contributed by atoms with Crippen molar-refractivity contribution in [1.29, 1.82) is 0 Å². The average Bonchev–Trinajstić information content (AvgIpc) is 2.37. The highest BCUT2D eigenvalue weighted by Gasteiger charge is 2.09. The molecule has 0 fully saturated rings. The number of amides is 1. The van der Waals surface area contributed by atoms with Gasteiger partial charge in [-0.1, -0.05) is 25.6 Å². The summed E-state index contributed by atoms with van der Waals surface area (Å²) in [7, 11) is 1.63. The van der Waals surface area contributed by atoms with Crippen LogP contribution in [0.15, 0.2) is 37.0 Å². The van der Waals surface area contributed by atoms with Gasteiger partial charge in [-0.05, 0) is 30.3 Å². The van der Waals surface area contributed by atoms with Crippen LogP contribution in [0.5, 0.6) is 5.75 Å². The van der Waals surface area contributed by atoms with Crippen LogP contribution in [-0.4, -0.2) is 17.9 Å². The molecule has 0 aliphatic carbocycles. The molecule has 0 heterocycles. The van der Waals surface area contributed by atoms with E-state index in [1.165, 1.54) is 0 Å². The molecule has 1 aromatic carbocycles. The first-order chi connectivity index (χ1) is 8.21. The van der Waals surface area contributed by atoms with Crippen LogP contribution in [0.4, 0.5) is 0 Å². The normalized spacial score (nSPS) is 9.76. The first-order valence-corrected chi connectivity index (χ1v) is 5.76. The summed E-state index contributed by atoms with van der Waals surface area (Å²) in [5.41, 5.74) is 1.06. The van der Waals surface area contributed by atoms with Crippen LogP contribution in [0.2, 0.25) is 0 Å². The molecule has 0 atom stereocenters. The van der Waals surface area contributed by atoms with E-state index in [0.29, 0.717) is 13.0 Å². The second-order valence-electron chi connectivity index (χ2n) is 3.80. The largest absolute Gasteiger partial charge is 0.497 e. The van der Waals surface area contributed by atoms with E-state index < -0.39 is 0 Å². The zero-order valence-electron chi connectivity index (χ0n) is 10.5. The number of benzene rings is 1. The Morgan fingerprint density at radius 2 is 2.06 bits per heavy atom. The van der Waals surface area contributed by atoms with E-state index in [1.54, 1.807) is 18.2 Å². The van der Waals surface area contributed by atoms with Gasteiger partial charge >= 0.3 is 0 Å². The molecule has 3 heteroatoms. The minimum Gasteiger partial charge on any atom is -0.497 e. The zero-order valence-corrected chi connectivity index (χ0v) is 10.5. The highest BCUT2D eigenvalue weighted by molar-refractivity contribution is 5.77. The molecule has 1 amide bonds. The Balaban J connectivity index is 2.66. The van der Waals surface area contributed by atoms with Gasteiger partial charge in [-0.3, -0.25) is 4.79 Å². The Bertz CT molecular complexity index is 370. The molecular formula is C14H19NO2. The minimum absolute atomic E-state index is 0.110. The summed E-state index contributed by atoms with van der Waals surface area (Å²) >= 11 is 0. The molecule has 17 heavy (non-hydrogen) atoms. The molecule has 1 rings (SSSR count). The molecule has 0 radical (unpaired) electrons. The molecule has 0 aromatic heterocycles. The van der Waals surface area contributed by atoms with E-state index in [2.05, 4.69) is 6.58 Å². The van der Waals surface area contributed by atoms with Gasteiger partial charge in [0.1, 0.15) is 5.75 Å². The lowest BCUT2D eigenvalue weighted by Crippen LogP contribution is -2.24. The first kappa shape index (κ1) is 13.3. The maximum Gasteiger partial charge on any atom is 0.226 e. The van der Waals surface area contributed by atoms with Crippen molar-refractivity contribution in [2.24, 2.45) is 0 Å². The van der Waals surface area contributed by atoms with Crippen LogP contribution in [0.1, 0.15) is 25.3 Å². The highest BCUT2D eigenvalue weighted by Crippen LogP contribution is 2.13. The third-order valence-corrected chi connectivity index (χ3v) is 2.52. The molecule has 0 saturated heterocycles. The Morgan fingerprint density at radius 1 is 1.41 bits per heavy atom. The van der Waals surface area contributed by atoms with Crippen molar-refractivity contribution in [3.05, 3.63) is 42.6 Å². The zero-order chi connectivity index (χ0) is 12.7. The van der Waals surface area contributed by atoms with Crippen molar-refractivity contribution in [3.8, 4) is 5.75 Å². The highest BCUT2D eigenvalue weighted by atomic mass is 16.5. The third kappa shape index (κ3) is 3.94. The second-order valence-corrected chi connectivity index (χ2v) is 3.80. The minimum atomic E-state index is 0.110. The van der Waals surface area contributed by atoms with Gasteiger partial charge in [-0.25, -0.2) is 0 Å². The molecule has 0 N–H and O–H groups in total. The molecule has 0 saturated carbocycles. The number of ether oxygens (including phenoxy) is 1. The summed E-state index contributed by atoms with van der Waals surface area (Å²) in [6, 6.07) is 7.69. The molecule has 0 bridgehead atoms. The van der Waals surface area contributed by atoms with Gasteiger partial charge in [0, 0.05) is 6.42 Å². The van der Waals surface area contributed by atoms with E-state index >= 15 is 0 Å². The van der Waals surface area contributed by atoms with E-state index in [0.717, 1.165) is 17.7 Å². The average molecular weight is 233 g/mol. The van der Waals surface area contributed by atoms with Crippen LogP contribution < -0.4 is 4.74 Å². The van der Waals surface area contributed by atoms with Gasteiger partial charge in [-0.2, -0.15) is 0 Å². The van der Waals surface area contributed by atoms with E-state index in [9.17, 15) is 4.79 Å². The third-order valence-electron chi connectivity index (χ3n) is 2.52. The Morgan fingerprint density at radius 3 is 2.53 bits per heavy atom. The Hall–Kier alpha value is -1.77. The lowest BCUT2D eigenvalue weighted by atomic mass is 10.2. The van der Waals surface area contributed by atoms with E-state index in [4.69, 9.17) is 4.74 Å². The fourth-order valence-electron chi connectivity index (χ4n) is 1.54. The number of carbonyl (C=O) groups is 1. The number of nitrogens with zero attached hydrogens (tertiary/aromatic N) is 1. The lowest BCUT2D eigenvalue weighted by Gasteiger charge is -2.17. The smallest absolute Gasteiger partial charge is 0.226 e. The maximum absolute atomic E-state index is 11.7. The monoisotopic (exact) mass is 233 g/mol. The molecule has 0 spiro atoms. The van der Waals surface area contributed by atoms with Gasteiger partial charge in [0.2, 0.25) is 5.91 Å². The number of hydrogen-bond donors (Lipinski definition) is 0. The van der Waals surface area contributed by atoms with Crippen LogP contribution in [0, 0.1) is 0 Å². The van der Waals surface area contributed by atoms with Crippen LogP contribution in [0.3, 0.4) is 0 Å². The summed E-state index contributed by atoms with van der Waals surface area (Å²) in [5.74, 6) is 0.928. The summed E-state index contributed by atoms with van der Waals surface area (Å²) in [6.45, 7) is 6.23. The van der Waals surface area contributed by atoms with E-state index in [1.807, 2.05) is 31.2 Å². The van der Waals surface area contributed by atoms with Gasteiger partial charge in [0.05, 0.1) is 13.7 Å². The SMILES string of the molecule is C=CN(Cc1ccc(OC)cc1)C(=O)CCC. The molecule has 1 aromatic rings. The van der Waals surface area contributed by atoms with Crippen molar-refractivity contribution in [2.75, 3.05) is 7.11 Å². The van der Waals surface area contributed by atoms with Crippen molar-refractivity contribution >= 4 is 5.91 Å². The first-order valence-electron chi connectivity index (χ1n) is 5.76. The fraction of sp³-hybridized carbons (Fsp3) is 0.357. The van der Waals surface area contributed by atoms with Gasteiger partial charge in [0.25, 0.3) is 0 Å². The number of carbonyl (C=O) groups excluding carboxylic acids is 1. The molecule has 0 unspecified atom stereocenters. The number of rotatable bonds is 6. The number of methoxy groups -OCH3 is 1.